The Hall–Kier alpha value is -4.82. The van der Waals surface area contributed by atoms with Crippen molar-refractivity contribution >= 4 is 64.0 Å². The lowest BCUT2D eigenvalue weighted by Crippen LogP contribution is -2.60. The Morgan fingerprint density at radius 3 is 2.04 bits per heavy atom. The van der Waals surface area contributed by atoms with Gasteiger partial charge >= 0.3 is 0 Å². The maximum Gasteiger partial charge on any atom is 0.258 e. The van der Waals surface area contributed by atoms with Crippen molar-refractivity contribution in [1.29, 1.82) is 0 Å². The molecule has 2 aliphatic carbocycles. The fourth-order valence-electron chi connectivity index (χ4n) is 7.95. The average molecular weight is 749 g/mol. The predicted molar refractivity (Wildman–Crippen MR) is 170 cm³/mol. The quantitative estimate of drug-likeness (QED) is 0.0640. The number of ether oxygens (including phenoxy) is 1. The summed E-state index contributed by atoms with van der Waals surface area (Å²) in [5.41, 5.74) is -1.20. The molecule has 4 aliphatic rings. The fourth-order valence-corrected chi connectivity index (χ4v) is 8.88. The highest BCUT2D eigenvalue weighted by Gasteiger charge is 2.77. The second-order valence-corrected chi connectivity index (χ2v) is 14.0. The molecule has 0 aromatic heterocycles. The predicted octanol–water partition coefficient (Wildman–Crippen LogP) is 6.07. The molecule has 0 spiro atoms. The molecule has 4 amide bonds. The minimum atomic E-state index is -2.75. The second-order valence-electron chi connectivity index (χ2n) is 12.7. The molecule has 2 heterocycles. The summed E-state index contributed by atoms with van der Waals surface area (Å²) in [5.74, 6) is -22.6. The van der Waals surface area contributed by atoms with Gasteiger partial charge < -0.3 is 9.84 Å². The number of halogens is 7. The van der Waals surface area contributed by atoms with Crippen LogP contribution in [0.15, 0.2) is 54.1 Å². The summed E-state index contributed by atoms with van der Waals surface area (Å²) in [6, 6.07) is 9.30. The molecule has 2 saturated heterocycles. The van der Waals surface area contributed by atoms with Crippen LogP contribution in [0.1, 0.15) is 41.6 Å². The van der Waals surface area contributed by atoms with E-state index in [9.17, 15) is 42.3 Å². The van der Waals surface area contributed by atoms with Crippen LogP contribution in [0.5, 0.6) is 11.5 Å². The Balaban J connectivity index is 1.42. The Morgan fingerprint density at radius 2 is 1.45 bits per heavy atom. The normalized spacial score (nSPS) is 28.5. The lowest BCUT2D eigenvalue weighted by atomic mass is 9.56. The highest BCUT2D eigenvalue weighted by atomic mass is 35.5. The van der Waals surface area contributed by atoms with E-state index < -0.39 is 98.2 Å². The van der Waals surface area contributed by atoms with Gasteiger partial charge in [0.05, 0.1) is 24.6 Å². The van der Waals surface area contributed by atoms with E-state index in [1.165, 1.54) is 56.5 Å². The summed E-state index contributed by atoms with van der Waals surface area (Å²) in [5, 5.41) is 10.2. The van der Waals surface area contributed by atoms with Gasteiger partial charge in [0.1, 0.15) is 17.2 Å². The Labute approximate surface area is 295 Å². The summed E-state index contributed by atoms with van der Waals surface area (Å²) in [7, 11) is 1.20. The number of hydrogen-bond donors (Lipinski definition) is 1. The summed E-state index contributed by atoms with van der Waals surface area (Å²) in [4.78, 5) is 63.8. The van der Waals surface area contributed by atoms with Crippen LogP contribution >= 0.6 is 23.2 Å². The van der Waals surface area contributed by atoms with Gasteiger partial charge in [0, 0.05) is 23.1 Å². The topological polar surface area (TPSA) is 121 Å². The molecule has 6 atom stereocenters. The zero-order valence-corrected chi connectivity index (χ0v) is 27.8. The summed E-state index contributed by atoms with van der Waals surface area (Å²) >= 11 is 14.3. The molecule has 3 fully saturated rings. The third kappa shape index (κ3) is 4.48. The first kappa shape index (κ1) is 34.6. The van der Waals surface area contributed by atoms with Crippen molar-refractivity contribution in [1.82, 2.24) is 0 Å². The largest absolute Gasteiger partial charge is 0.508 e. The molecule has 9 nitrogen and oxygen atoms in total. The van der Waals surface area contributed by atoms with E-state index in [1.54, 1.807) is 0 Å². The van der Waals surface area contributed by atoms with Crippen molar-refractivity contribution in [2.24, 2.45) is 17.8 Å². The first-order valence-corrected chi connectivity index (χ1v) is 16.1. The van der Waals surface area contributed by atoms with E-state index in [1.807, 2.05) is 0 Å². The molecule has 1 saturated carbocycles. The molecule has 3 aromatic carbocycles. The first-order chi connectivity index (χ1) is 24.0. The molecule has 2 aliphatic heterocycles. The van der Waals surface area contributed by atoms with Gasteiger partial charge in [-0.15, -0.1) is 23.2 Å². The van der Waals surface area contributed by atoms with Gasteiger partial charge in [-0.25, -0.2) is 26.9 Å². The van der Waals surface area contributed by atoms with Gasteiger partial charge in [0.15, 0.2) is 38.8 Å². The molecule has 51 heavy (non-hydrogen) atoms. The maximum atomic E-state index is 15.2. The Kier molecular flexibility index (Phi) is 7.88. The van der Waals surface area contributed by atoms with Crippen molar-refractivity contribution in [2.75, 3.05) is 16.9 Å². The molecule has 1 N–H and O–H groups in total. The number of carbonyl (C=O) groups is 5. The fraction of sp³-hybridized carbons (Fsp3) is 0.286. The van der Waals surface area contributed by atoms with E-state index >= 15 is 8.78 Å². The molecule has 7 rings (SSSR count). The summed E-state index contributed by atoms with van der Waals surface area (Å²) in [6.45, 7) is 1.34. The van der Waals surface area contributed by atoms with Crippen molar-refractivity contribution in [3.63, 3.8) is 0 Å². The van der Waals surface area contributed by atoms with E-state index in [2.05, 4.69) is 0 Å². The van der Waals surface area contributed by atoms with Crippen molar-refractivity contribution in [3.05, 3.63) is 94.3 Å². The van der Waals surface area contributed by atoms with Gasteiger partial charge in [-0.3, -0.25) is 28.9 Å². The van der Waals surface area contributed by atoms with Crippen LogP contribution in [-0.4, -0.2) is 51.4 Å². The molecule has 264 valence electrons. The summed E-state index contributed by atoms with van der Waals surface area (Å²) < 4.78 is 78.8. The van der Waals surface area contributed by atoms with Crippen LogP contribution in [0.4, 0.5) is 33.3 Å². The van der Waals surface area contributed by atoms with Gasteiger partial charge in [-0.05, 0) is 56.0 Å². The van der Waals surface area contributed by atoms with E-state index in [0.29, 0.717) is 5.56 Å². The van der Waals surface area contributed by atoms with Crippen LogP contribution in [0.3, 0.4) is 0 Å². The number of nitrogens with zero attached hydrogens (tertiary/aromatic N) is 2. The van der Waals surface area contributed by atoms with Crippen LogP contribution in [0.2, 0.25) is 0 Å². The number of aromatic hydroxyl groups is 1. The number of alkyl halides is 2. The van der Waals surface area contributed by atoms with E-state index in [0.717, 1.165) is 11.0 Å². The Bertz CT molecular complexity index is 2140. The Morgan fingerprint density at radius 1 is 0.843 bits per heavy atom. The third-order valence-electron chi connectivity index (χ3n) is 10.3. The number of ketones is 1. The number of benzene rings is 3. The van der Waals surface area contributed by atoms with Gasteiger partial charge in [-0.2, -0.15) is 0 Å². The highest BCUT2D eigenvalue weighted by Crippen LogP contribution is 2.67. The number of Topliss-reactive ketones (excluding diaryl/α,β-unsaturated/α-hetero) is 1. The third-order valence-corrected chi connectivity index (χ3v) is 11.7. The maximum absolute atomic E-state index is 15.2. The molecule has 6 unspecified atom stereocenters. The number of carbonyl (C=O) groups excluding carboxylic acids is 5. The van der Waals surface area contributed by atoms with E-state index in [4.69, 9.17) is 27.9 Å². The lowest BCUT2D eigenvalue weighted by molar-refractivity contribution is -0.125. The molecule has 0 bridgehead atoms. The number of amides is 4. The molecular formula is C35H23Cl2F5N2O7. The van der Waals surface area contributed by atoms with Gasteiger partial charge in [0.2, 0.25) is 17.6 Å². The number of rotatable bonds is 5. The van der Waals surface area contributed by atoms with Crippen molar-refractivity contribution in [3.8, 4) is 11.5 Å². The molecule has 16 heteroatoms. The molecule has 3 aromatic rings. The monoisotopic (exact) mass is 748 g/mol. The number of anilines is 2. The minimum Gasteiger partial charge on any atom is -0.508 e. The SMILES string of the molecule is COc1cc(O)ccc1C1C2=CCC3C(=O)N(c4ccc(C(C)=O)cc4)C(=O)C3C2CC2(Cl)C(=O)N(c3c(F)c(F)c(F)c(F)c3F)C(=O)C12Cl. The molecular weight excluding hydrogens is 726 g/mol. The molecule has 0 radical (unpaired) electrons. The van der Waals surface area contributed by atoms with Gasteiger partial charge in [0.25, 0.3) is 11.8 Å². The number of hydrogen-bond acceptors (Lipinski definition) is 7. The number of methoxy groups -OCH3 is 1. The standard InChI is InChI=1S/C35H23Cl2F5N2O7/c1-13(45)14-3-5-15(6-4-14)43-30(47)19-10-9-17-20(22(19)31(43)48)12-34(36)32(49)44(29-27(41)25(39)24(38)26(40)28(29)42)33(50)35(34,37)23(17)18-8-7-16(46)11-21(18)51-2/h3-9,11,19-20,22-23,46H,10,12H2,1-2H3. The zero-order valence-electron chi connectivity index (χ0n) is 26.3. The number of phenols is 1. The zero-order chi connectivity index (χ0) is 37.1. The van der Waals surface area contributed by atoms with Gasteiger partial charge in [-0.1, -0.05) is 17.7 Å². The van der Waals surface area contributed by atoms with Crippen LogP contribution in [0.25, 0.3) is 0 Å². The average Bonchev–Trinajstić information content (AvgIpc) is 3.44. The number of allylic oxidation sites excluding steroid dienone is 2. The van der Waals surface area contributed by atoms with Crippen LogP contribution in [-0.2, 0) is 19.2 Å². The first-order valence-electron chi connectivity index (χ1n) is 15.3. The lowest BCUT2D eigenvalue weighted by Gasteiger charge is -2.50. The minimum absolute atomic E-state index is 0.0126. The van der Waals surface area contributed by atoms with Crippen molar-refractivity contribution < 1.29 is 55.8 Å². The summed E-state index contributed by atoms with van der Waals surface area (Å²) in [6.07, 6.45) is 0.774. The van der Waals surface area contributed by atoms with E-state index in [-0.39, 0.29) is 45.4 Å². The number of fused-ring (bicyclic) bond motifs is 4. The number of phenolic OH excluding ortho intramolecular Hbond substituents is 1. The smallest absolute Gasteiger partial charge is 0.258 e. The van der Waals surface area contributed by atoms with Crippen LogP contribution in [0, 0.1) is 46.8 Å². The number of imide groups is 2. The highest BCUT2D eigenvalue weighted by molar-refractivity contribution is 6.58. The van der Waals surface area contributed by atoms with Crippen molar-refractivity contribution in [2.45, 2.75) is 35.4 Å². The second kappa shape index (κ2) is 11.6. The van der Waals surface area contributed by atoms with Crippen LogP contribution < -0.4 is 14.5 Å².